The number of Topliss-reactive ketones (excluding diaryl/α,β-unsaturated/α-hetero) is 1. The second-order valence-corrected chi connectivity index (χ2v) is 5.79. The number of hydrogen-bond donors (Lipinski definition) is 2. The molecule has 2 rings (SSSR count). The Balaban J connectivity index is 2.35. The van der Waals surface area contributed by atoms with Crippen LogP contribution in [0.5, 0.6) is 0 Å². The molecule has 1 aromatic heterocycles. The maximum absolute atomic E-state index is 11.6. The number of amides is 2. The highest BCUT2D eigenvalue weighted by Crippen LogP contribution is 2.37. The first kappa shape index (κ1) is 10.6. The van der Waals surface area contributed by atoms with Gasteiger partial charge in [0.1, 0.15) is 0 Å². The number of ketones is 1. The van der Waals surface area contributed by atoms with E-state index < -0.39 is 6.03 Å². The molecule has 0 saturated carbocycles. The Morgan fingerprint density at radius 1 is 1.67 bits per heavy atom. The third-order valence-electron chi connectivity index (χ3n) is 2.34. The molecule has 6 heteroatoms. The minimum absolute atomic E-state index is 0.127. The average molecular weight is 289 g/mol. The highest BCUT2D eigenvalue weighted by atomic mass is 79.9. The number of hydrogen-bond acceptors (Lipinski definition) is 3. The van der Waals surface area contributed by atoms with Gasteiger partial charge < -0.3 is 11.1 Å². The summed E-state index contributed by atoms with van der Waals surface area (Å²) in [6, 6.07) is 1.19. The molecule has 1 heterocycles. The van der Waals surface area contributed by atoms with E-state index in [1.165, 1.54) is 11.3 Å². The number of urea groups is 1. The standard InChI is InChI=1S/C9H9BrN2O2S/c10-7-3-4-5(12-9(11)14)1-2-6(13)8(4)15-7/h3,5H,1-2H2,(H3,11,12,14). The minimum Gasteiger partial charge on any atom is -0.352 e. The zero-order chi connectivity index (χ0) is 11.0. The number of fused-ring (bicyclic) bond motifs is 1. The molecule has 1 aliphatic rings. The zero-order valence-corrected chi connectivity index (χ0v) is 10.2. The summed E-state index contributed by atoms with van der Waals surface area (Å²) < 4.78 is 0.902. The number of primary amides is 1. The van der Waals surface area contributed by atoms with Crippen LogP contribution in [0.3, 0.4) is 0 Å². The first-order valence-corrected chi connectivity index (χ1v) is 6.07. The number of nitrogens with two attached hydrogens (primary N) is 1. The normalized spacial score (nSPS) is 19.8. The van der Waals surface area contributed by atoms with Crippen molar-refractivity contribution in [2.75, 3.05) is 0 Å². The molecule has 80 valence electrons. The van der Waals surface area contributed by atoms with E-state index >= 15 is 0 Å². The van der Waals surface area contributed by atoms with Crippen LogP contribution < -0.4 is 11.1 Å². The molecule has 0 bridgehead atoms. The van der Waals surface area contributed by atoms with Crippen molar-refractivity contribution in [2.24, 2.45) is 5.73 Å². The highest BCUT2D eigenvalue weighted by molar-refractivity contribution is 9.11. The maximum Gasteiger partial charge on any atom is 0.312 e. The molecule has 1 aromatic rings. The van der Waals surface area contributed by atoms with Gasteiger partial charge in [-0.1, -0.05) is 0 Å². The van der Waals surface area contributed by atoms with Gasteiger partial charge >= 0.3 is 6.03 Å². The van der Waals surface area contributed by atoms with Gasteiger partial charge in [-0.25, -0.2) is 4.79 Å². The van der Waals surface area contributed by atoms with Gasteiger partial charge in [-0.15, -0.1) is 11.3 Å². The van der Waals surface area contributed by atoms with Gasteiger partial charge in [0.15, 0.2) is 5.78 Å². The van der Waals surface area contributed by atoms with Crippen molar-refractivity contribution in [3.63, 3.8) is 0 Å². The molecule has 0 fully saturated rings. The second kappa shape index (κ2) is 3.94. The predicted octanol–water partition coefficient (Wildman–Crippen LogP) is 2.20. The SMILES string of the molecule is NC(=O)NC1CCC(=O)c2sc(Br)cc21. The summed E-state index contributed by atoms with van der Waals surface area (Å²) in [5.74, 6) is 0.142. The van der Waals surface area contributed by atoms with Crippen LogP contribution >= 0.6 is 27.3 Å². The van der Waals surface area contributed by atoms with Crippen LogP contribution in [0, 0.1) is 0 Å². The zero-order valence-electron chi connectivity index (χ0n) is 7.75. The topological polar surface area (TPSA) is 72.2 Å². The first-order chi connectivity index (χ1) is 7.08. The number of rotatable bonds is 1. The lowest BCUT2D eigenvalue weighted by Crippen LogP contribution is -2.35. The molecule has 0 spiro atoms. The van der Waals surface area contributed by atoms with Gasteiger partial charge in [-0.05, 0) is 34.0 Å². The Hall–Kier alpha value is -0.880. The summed E-state index contributed by atoms with van der Waals surface area (Å²) in [5.41, 5.74) is 5.96. The highest BCUT2D eigenvalue weighted by Gasteiger charge is 2.28. The molecule has 3 N–H and O–H groups in total. The molecular formula is C9H9BrN2O2S. The van der Waals surface area contributed by atoms with Gasteiger partial charge in [-0.3, -0.25) is 4.79 Å². The smallest absolute Gasteiger partial charge is 0.312 e. The Bertz CT molecular complexity index is 430. The summed E-state index contributed by atoms with van der Waals surface area (Å²) in [7, 11) is 0. The average Bonchev–Trinajstić information content (AvgIpc) is 2.52. The Morgan fingerprint density at radius 3 is 3.07 bits per heavy atom. The van der Waals surface area contributed by atoms with Crippen LogP contribution in [0.4, 0.5) is 4.79 Å². The van der Waals surface area contributed by atoms with E-state index in [1.54, 1.807) is 0 Å². The molecule has 15 heavy (non-hydrogen) atoms. The molecule has 1 aliphatic carbocycles. The summed E-state index contributed by atoms with van der Waals surface area (Å²) in [4.78, 5) is 23.1. The van der Waals surface area contributed by atoms with E-state index in [4.69, 9.17) is 5.73 Å². The lowest BCUT2D eigenvalue weighted by molar-refractivity contribution is 0.0969. The largest absolute Gasteiger partial charge is 0.352 e. The maximum atomic E-state index is 11.6. The Morgan fingerprint density at radius 2 is 2.40 bits per heavy atom. The van der Waals surface area contributed by atoms with E-state index in [0.717, 1.165) is 14.2 Å². The van der Waals surface area contributed by atoms with E-state index in [-0.39, 0.29) is 11.8 Å². The summed E-state index contributed by atoms with van der Waals surface area (Å²) in [5, 5.41) is 2.64. The van der Waals surface area contributed by atoms with Gasteiger partial charge in [-0.2, -0.15) is 0 Å². The molecule has 0 aliphatic heterocycles. The first-order valence-electron chi connectivity index (χ1n) is 4.46. The van der Waals surface area contributed by atoms with Crippen molar-refractivity contribution in [3.8, 4) is 0 Å². The minimum atomic E-state index is -0.553. The molecular weight excluding hydrogens is 280 g/mol. The molecule has 0 aromatic carbocycles. The number of carbonyl (C=O) groups excluding carboxylic acids is 2. The van der Waals surface area contributed by atoms with E-state index in [0.29, 0.717) is 12.8 Å². The Kier molecular flexibility index (Phi) is 2.79. The van der Waals surface area contributed by atoms with Crippen molar-refractivity contribution >= 4 is 39.1 Å². The van der Waals surface area contributed by atoms with Gasteiger partial charge in [0.05, 0.1) is 14.7 Å². The fourth-order valence-corrected chi connectivity index (χ4v) is 3.36. The lowest BCUT2D eigenvalue weighted by atomic mass is 9.93. The quantitative estimate of drug-likeness (QED) is 0.831. The third kappa shape index (κ3) is 2.05. The molecule has 0 saturated heterocycles. The van der Waals surface area contributed by atoms with Crippen LogP contribution in [0.1, 0.15) is 34.1 Å². The van der Waals surface area contributed by atoms with Crippen LogP contribution in [0.25, 0.3) is 0 Å². The lowest BCUT2D eigenvalue weighted by Gasteiger charge is -2.21. The van der Waals surface area contributed by atoms with Crippen LogP contribution in [0.2, 0.25) is 0 Å². The summed E-state index contributed by atoms with van der Waals surface area (Å²) >= 11 is 4.74. The number of thiophene rings is 1. The molecule has 0 radical (unpaired) electrons. The van der Waals surface area contributed by atoms with Crippen molar-refractivity contribution in [2.45, 2.75) is 18.9 Å². The van der Waals surface area contributed by atoms with E-state index in [1.807, 2.05) is 6.07 Å². The fourth-order valence-electron chi connectivity index (χ4n) is 1.72. The number of halogens is 1. The molecule has 2 amide bonds. The van der Waals surface area contributed by atoms with Gasteiger partial charge in [0, 0.05) is 6.42 Å². The van der Waals surface area contributed by atoms with Crippen molar-refractivity contribution < 1.29 is 9.59 Å². The molecule has 1 atom stereocenters. The van der Waals surface area contributed by atoms with Crippen LogP contribution in [-0.4, -0.2) is 11.8 Å². The van der Waals surface area contributed by atoms with Gasteiger partial charge in [0.25, 0.3) is 0 Å². The third-order valence-corrected chi connectivity index (χ3v) is 4.03. The molecule has 1 unspecified atom stereocenters. The molecule has 4 nitrogen and oxygen atoms in total. The van der Waals surface area contributed by atoms with Crippen molar-refractivity contribution in [1.29, 1.82) is 0 Å². The van der Waals surface area contributed by atoms with Crippen molar-refractivity contribution in [3.05, 3.63) is 20.3 Å². The van der Waals surface area contributed by atoms with E-state index in [2.05, 4.69) is 21.2 Å². The summed E-state index contributed by atoms with van der Waals surface area (Å²) in [6.45, 7) is 0. The Labute approximate surface area is 99.0 Å². The predicted molar refractivity (Wildman–Crippen MR) is 61.0 cm³/mol. The van der Waals surface area contributed by atoms with E-state index in [9.17, 15) is 9.59 Å². The van der Waals surface area contributed by atoms with Crippen LogP contribution in [0.15, 0.2) is 9.85 Å². The van der Waals surface area contributed by atoms with Crippen LogP contribution in [-0.2, 0) is 0 Å². The second-order valence-electron chi connectivity index (χ2n) is 3.36. The number of carbonyl (C=O) groups is 2. The van der Waals surface area contributed by atoms with Gasteiger partial charge in [0.2, 0.25) is 0 Å². The van der Waals surface area contributed by atoms with Crippen molar-refractivity contribution in [1.82, 2.24) is 5.32 Å². The fraction of sp³-hybridized carbons (Fsp3) is 0.333. The summed E-state index contributed by atoms with van der Waals surface area (Å²) in [6.07, 6.45) is 1.09. The number of nitrogens with one attached hydrogen (secondary N) is 1. The monoisotopic (exact) mass is 288 g/mol.